The molecule has 1 aromatic carbocycles. The van der Waals surface area contributed by atoms with E-state index in [9.17, 15) is 4.79 Å². The normalized spacial score (nSPS) is 19.4. The Kier molecular flexibility index (Phi) is 3.06. The predicted octanol–water partition coefficient (Wildman–Crippen LogP) is 2.07. The molecule has 0 unspecified atom stereocenters. The van der Waals surface area contributed by atoms with Gasteiger partial charge in [-0.3, -0.25) is 4.98 Å². The average molecular weight is 249 g/mol. The van der Waals surface area contributed by atoms with Gasteiger partial charge in [0.15, 0.2) is 5.58 Å². The summed E-state index contributed by atoms with van der Waals surface area (Å²) in [7, 11) is 0. The zero-order chi connectivity index (χ0) is 12.4. The second-order valence-corrected chi connectivity index (χ2v) is 4.44. The minimum absolute atomic E-state index is 0.336. The maximum absolute atomic E-state index is 11.0. The Bertz CT molecular complexity index is 580. The van der Waals surface area contributed by atoms with Crippen molar-refractivity contribution in [3.05, 3.63) is 28.7 Å². The maximum atomic E-state index is 11.0. The summed E-state index contributed by atoms with van der Waals surface area (Å²) in [6, 6.07) is 5.30. The van der Waals surface area contributed by atoms with E-state index in [2.05, 4.69) is 4.98 Å². The highest BCUT2D eigenvalue weighted by atomic mass is 16.5. The highest BCUT2D eigenvalue weighted by Gasteiger charge is 2.15. The number of benzene rings is 1. The Balaban J connectivity index is 1.61. The zero-order valence-corrected chi connectivity index (χ0v) is 9.98. The number of rotatable bonds is 4. The van der Waals surface area contributed by atoms with Crippen molar-refractivity contribution in [2.24, 2.45) is 0 Å². The van der Waals surface area contributed by atoms with Gasteiger partial charge in [0.2, 0.25) is 0 Å². The molecule has 18 heavy (non-hydrogen) atoms. The summed E-state index contributed by atoms with van der Waals surface area (Å²) in [5, 5.41) is 0. The first-order valence-electron chi connectivity index (χ1n) is 6.18. The van der Waals surface area contributed by atoms with Crippen molar-refractivity contribution >= 4 is 11.1 Å². The smallest absolute Gasteiger partial charge is 0.417 e. The molecule has 1 atom stereocenters. The van der Waals surface area contributed by atoms with Crippen molar-refractivity contribution < 1.29 is 13.9 Å². The van der Waals surface area contributed by atoms with Crippen LogP contribution in [0, 0.1) is 0 Å². The quantitative estimate of drug-likeness (QED) is 0.900. The zero-order valence-electron chi connectivity index (χ0n) is 9.98. The van der Waals surface area contributed by atoms with Gasteiger partial charge >= 0.3 is 5.76 Å². The monoisotopic (exact) mass is 249 g/mol. The van der Waals surface area contributed by atoms with Crippen LogP contribution < -0.4 is 10.5 Å². The van der Waals surface area contributed by atoms with Crippen LogP contribution in [-0.4, -0.2) is 24.3 Å². The van der Waals surface area contributed by atoms with E-state index in [-0.39, 0.29) is 0 Å². The molecule has 3 rings (SSSR count). The van der Waals surface area contributed by atoms with E-state index in [4.69, 9.17) is 13.9 Å². The van der Waals surface area contributed by atoms with Crippen LogP contribution in [0.3, 0.4) is 0 Å². The Morgan fingerprint density at radius 1 is 1.44 bits per heavy atom. The lowest BCUT2D eigenvalue weighted by atomic mass is 10.2. The predicted molar refractivity (Wildman–Crippen MR) is 65.9 cm³/mol. The Morgan fingerprint density at radius 3 is 3.22 bits per heavy atom. The molecule has 0 spiro atoms. The number of nitrogens with one attached hydrogen (secondary N) is 1. The van der Waals surface area contributed by atoms with Gasteiger partial charge in [0, 0.05) is 19.1 Å². The van der Waals surface area contributed by atoms with Crippen molar-refractivity contribution in [2.45, 2.75) is 25.4 Å². The summed E-state index contributed by atoms with van der Waals surface area (Å²) in [4.78, 5) is 13.6. The minimum atomic E-state index is -0.443. The number of fused-ring (bicyclic) bond motifs is 1. The lowest BCUT2D eigenvalue weighted by molar-refractivity contribution is 0.0904. The molecule has 1 N–H and O–H groups in total. The molecule has 5 nitrogen and oxygen atoms in total. The van der Waals surface area contributed by atoms with Gasteiger partial charge in [-0.15, -0.1) is 0 Å². The molecule has 5 heteroatoms. The number of hydrogen-bond acceptors (Lipinski definition) is 4. The van der Waals surface area contributed by atoms with Crippen LogP contribution >= 0.6 is 0 Å². The van der Waals surface area contributed by atoms with E-state index in [0.29, 0.717) is 23.8 Å². The van der Waals surface area contributed by atoms with Crippen molar-refractivity contribution in [1.29, 1.82) is 0 Å². The van der Waals surface area contributed by atoms with Gasteiger partial charge in [0.1, 0.15) is 5.75 Å². The third-order valence-corrected chi connectivity index (χ3v) is 3.12. The molecule has 0 amide bonds. The highest BCUT2D eigenvalue weighted by Crippen LogP contribution is 2.20. The summed E-state index contributed by atoms with van der Waals surface area (Å²) < 4.78 is 16.1. The molecule has 2 heterocycles. The van der Waals surface area contributed by atoms with Crippen LogP contribution in [0.25, 0.3) is 11.1 Å². The average Bonchev–Trinajstić information content (AvgIpc) is 2.96. The first-order chi connectivity index (χ1) is 8.81. The number of H-pyrrole nitrogens is 1. The van der Waals surface area contributed by atoms with Gasteiger partial charge in [-0.25, -0.2) is 4.79 Å². The standard InChI is InChI=1S/C13H15NO4/c15-13-14-11-8-10(3-4-12(11)18-13)17-7-5-9-2-1-6-16-9/h3-4,8-9H,1-2,5-7H2,(H,14,15)/t9-/m0/s1. The van der Waals surface area contributed by atoms with Gasteiger partial charge < -0.3 is 13.9 Å². The van der Waals surface area contributed by atoms with E-state index in [1.165, 1.54) is 0 Å². The molecule has 2 aromatic rings. The molecule has 0 saturated carbocycles. The van der Waals surface area contributed by atoms with Crippen LogP contribution in [0.5, 0.6) is 5.75 Å². The fraction of sp³-hybridized carbons (Fsp3) is 0.462. The van der Waals surface area contributed by atoms with Gasteiger partial charge in [-0.2, -0.15) is 0 Å². The largest absolute Gasteiger partial charge is 0.493 e. The SMILES string of the molecule is O=c1[nH]c2cc(OCC[C@@H]3CCCO3)ccc2o1. The number of oxazole rings is 1. The van der Waals surface area contributed by atoms with E-state index < -0.39 is 5.76 Å². The third-order valence-electron chi connectivity index (χ3n) is 3.12. The molecule has 0 bridgehead atoms. The lowest BCUT2D eigenvalue weighted by Gasteiger charge is -2.10. The Hall–Kier alpha value is -1.75. The van der Waals surface area contributed by atoms with Crippen LogP contribution in [0.4, 0.5) is 0 Å². The van der Waals surface area contributed by atoms with Gasteiger partial charge in [0.25, 0.3) is 0 Å². The summed E-state index contributed by atoms with van der Waals surface area (Å²) in [6.07, 6.45) is 3.51. The maximum Gasteiger partial charge on any atom is 0.417 e. The lowest BCUT2D eigenvalue weighted by Crippen LogP contribution is -2.10. The topological polar surface area (TPSA) is 64.5 Å². The van der Waals surface area contributed by atoms with Gasteiger partial charge in [0.05, 0.1) is 18.2 Å². The van der Waals surface area contributed by atoms with Crippen LogP contribution in [-0.2, 0) is 4.74 Å². The molecule has 1 saturated heterocycles. The van der Waals surface area contributed by atoms with E-state index in [1.54, 1.807) is 18.2 Å². The number of hydrogen-bond donors (Lipinski definition) is 1. The van der Waals surface area contributed by atoms with Gasteiger partial charge in [-0.05, 0) is 25.0 Å². The molecular formula is C13H15NO4. The van der Waals surface area contributed by atoms with E-state index in [1.807, 2.05) is 0 Å². The summed E-state index contributed by atoms with van der Waals surface area (Å²) in [5.74, 6) is 0.291. The summed E-state index contributed by atoms with van der Waals surface area (Å²) in [6.45, 7) is 1.49. The Morgan fingerprint density at radius 2 is 2.39 bits per heavy atom. The van der Waals surface area contributed by atoms with Crippen molar-refractivity contribution in [3.63, 3.8) is 0 Å². The second kappa shape index (κ2) is 4.86. The van der Waals surface area contributed by atoms with Crippen LogP contribution in [0.1, 0.15) is 19.3 Å². The van der Waals surface area contributed by atoms with E-state index >= 15 is 0 Å². The van der Waals surface area contributed by atoms with E-state index in [0.717, 1.165) is 31.6 Å². The van der Waals surface area contributed by atoms with Crippen LogP contribution in [0.15, 0.2) is 27.4 Å². The van der Waals surface area contributed by atoms with Crippen molar-refractivity contribution in [2.75, 3.05) is 13.2 Å². The molecule has 0 radical (unpaired) electrons. The first-order valence-corrected chi connectivity index (χ1v) is 6.18. The third kappa shape index (κ3) is 2.41. The van der Waals surface area contributed by atoms with Crippen molar-refractivity contribution in [3.8, 4) is 5.75 Å². The summed E-state index contributed by atoms with van der Waals surface area (Å²) >= 11 is 0. The summed E-state index contributed by atoms with van der Waals surface area (Å²) in [5.41, 5.74) is 1.21. The fourth-order valence-corrected chi connectivity index (χ4v) is 2.20. The van der Waals surface area contributed by atoms with Gasteiger partial charge in [-0.1, -0.05) is 0 Å². The molecule has 1 aromatic heterocycles. The molecule has 1 aliphatic rings. The molecule has 0 aliphatic carbocycles. The molecule has 96 valence electrons. The molecule has 1 aliphatic heterocycles. The number of ether oxygens (including phenoxy) is 2. The van der Waals surface area contributed by atoms with Crippen molar-refractivity contribution in [1.82, 2.24) is 4.98 Å². The first kappa shape index (κ1) is 11.3. The molecular weight excluding hydrogens is 234 g/mol. The minimum Gasteiger partial charge on any atom is -0.493 e. The second-order valence-electron chi connectivity index (χ2n) is 4.44. The number of aromatic amines is 1. The fourth-order valence-electron chi connectivity index (χ4n) is 2.20. The van der Waals surface area contributed by atoms with Crippen LogP contribution in [0.2, 0.25) is 0 Å². The Labute approximate surface area is 104 Å². The highest BCUT2D eigenvalue weighted by molar-refractivity contribution is 5.73. The number of aromatic nitrogens is 1. The molecule has 1 fully saturated rings.